The predicted octanol–water partition coefficient (Wildman–Crippen LogP) is 1.73. The van der Waals surface area contributed by atoms with E-state index in [2.05, 4.69) is 37.7 Å². The van der Waals surface area contributed by atoms with E-state index in [4.69, 9.17) is 0 Å². The molecule has 0 bridgehead atoms. The summed E-state index contributed by atoms with van der Waals surface area (Å²) in [6, 6.07) is 10.2. The van der Waals surface area contributed by atoms with Crippen LogP contribution in [0, 0.1) is 5.92 Å². The van der Waals surface area contributed by atoms with E-state index in [1.807, 2.05) is 45.9 Å². The van der Waals surface area contributed by atoms with Crippen molar-refractivity contribution in [2.24, 2.45) is 5.92 Å². The molecule has 0 saturated carbocycles. The monoisotopic (exact) mass is 338 g/mol. The summed E-state index contributed by atoms with van der Waals surface area (Å²) in [5.41, 5.74) is 0.991. The summed E-state index contributed by atoms with van der Waals surface area (Å²) >= 11 is 0. The van der Waals surface area contributed by atoms with Crippen molar-refractivity contribution in [3.05, 3.63) is 48.5 Å². The third-order valence-electron chi connectivity index (χ3n) is 4.88. The molecule has 1 aliphatic heterocycles. The molecular weight excluding hydrogens is 316 g/mol. The molecule has 0 unspecified atom stereocenters. The molecule has 1 aromatic carbocycles. The smallest absolute Gasteiger partial charge is 0.173 e. The lowest BCUT2D eigenvalue weighted by atomic mass is 9.96. The van der Waals surface area contributed by atoms with Crippen LogP contribution in [0.5, 0.6) is 0 Å². The Bertz CT molecular complexity index is 782. The second-order valence-electron chi connectivity index (χ2n) is 6.59. The third kappa shape index (κ3) is 3.43. The molecule has 130 valence electrons. The van der Waals surface area contributed by atoms with Crippen molar-refractivity contribution >= 4 is 0 Å². The average molecular weight is 338 g/mol. The zero-order valence-corrected chi connectivity index (χ0v) is 14.3. The van der Waals surface area contributed by atoms with Gasteiger partial charge in [-0.05, 0) is 54.8 Å². The van der Waals surface area contributed by atoms with E-state index in [0.717, 1.165) is 31.1 Å². The standard InChI is InChI=1S/C17H22N8/c1-14(17-19-20-22-25(17)16-7-3-2-4-8-16)23-10-5-6-15(12-23)13-24-11-9-18-21-24/h2-4,7-9,11,14-15H,5-6,10,12-13H2,1H3/t14-,15-/m0/s1. The Morgan fingerprint density at radius 3 is 2.88 bits per heavy atom. The highest BCUT2D eigenvalue weighted by Crippen LogP contribution is 2.27. The van der Waals surface area contributed by atoms with E-state index in [9.17, 15) is 0 Å². The summed E-state index contributed by atoms with van der Waals surface area (Å²) in [5, 5.41) is 20.4. The Morgan fingerprint density at radius 2 is 2.08 bits per heavy atom. The summed E-state index contributed by atoms with van der Waals surface area (Å²) in [5.74, 6) is 1.45. The quantitative estimate of drug-likeness (QED) is 0.705. The largest absolute Gasteiger partial charge is 0.293 e. The van der Waals surface area contributed by atoms with Crippen LogP contribution in [0.15, 0.2) is 42.7 Å². The van der Waals surface area contributed by atoms with E-state index in [1.54, 1.807) is 6.20 Å². The first-order chi connectivity index (χ1) is 12.3. The van der Waals surface area contributed by atoms with Crippen LogP contribution in [-0.2, 0) is 6.54 Å². The molecule has 3 aromatic rings. The van der Waals surface area contributed by atoms with Gasteiger partial charge in [-0.1, -0.05) is 23.4 Å². The van der Waals surface area contributed by atoms with Crippen molar-refractivity contribution in [1.29, 1.82) is 0 Å². The van der Waals surface area contributed by atoms with Crippen molar-refractivity contribution in [2.75, 3.05) is 13.1 Å². The molecular formula is C17H22N8. The number of rotatable bonds is 5. The molecule has 0 aliphatic carbocycles. The minimum absolute atomic E-state index is 0.161. The van der Waals surface area contributed by atoms with Crippen LogP contribution in [0.3, 0.4) is 0 Å². The number of aromatic nitrogens is 7. The topological polar surface area (TPSA) is 77.5 Å². The van der Waals surface area contributed by atoms with Gasteiger partial charge in [0.25, 0.3) is 0 Å². The summed E-state index contributed by atoms with van der Waals surface area (Å²) in [6.07, 6.45) is 6.05. The first-order valence-corrected chi connectivity index (χ1v) is 8.73. The molecule has 2 atom stereocenters. The SMILES string of the molecule is C[C@@H](c1nnnn1-c1ccccc1)N1CCC[C@H](Cn2ccnn2)C1. The van der Waals surface area contributed by atoms with Crippen LogP contribution in [0.2, 0.25) is 0 Å². The van der Waals surface area contributed by atoms with E-state index < -0.39 is 0 Å². The zero-order chi connectivity index (χ0) is 17.1. The second kappa shape index (κ2) is 7.10. The van der Waals surface area contributed by atoms with Gasteiger partial charge in [0, 0.05) is 19.3 Å². The minimum atomic E-state index is 0.161. The van der Waals surface area contributed by atoms with Gasteiger partial charge in [0.2, 0.25) is 0 Å². The number of nitrogens with zero attached hydrogens (tertiary/aromatic N) is 8. The van der Waals surface area contributed by atoms with E-state index >= 15 is 0 Å². The first kappa shape index (κ1) is 15.9. The van der Waals surface area contributed by atoms with Crippen LogP contribution in [0.1, 0.15) is 31.6 Å². The van der Waals surface area contributed by atoms with Gasteiger partial charge in [-0.2, -0.15) is 4.68 Å². The molecule has 0 amide bonds. The summed E-state index contributed by atoms with van der Waals surface area (Å²) in [6.45, 7) is 5.18. The summed E-state index contributed by atoms with van der Waals surface area (Å²) in [7, 11) is 0. The summed E-state index contributed by atoms with van der Waals surface area (Å²) < 4.78 is 3.76. The van der Waals surface area contributed by atoms with E-state index in [0.29, 0.717) is 5.92 Å². The average Bonchev–Trinajstić information content (AvgIpc) is 3.34. The number of likely N-dealkylation sites (tertiary alicyclic amines) is 1. The number of tetrazole rings is 1. The Kier molecular flexibility index (Phi) is 4.51. The van der Waals surface area contributed by atoms with Gasteiger partial charge in [-0.15, -0.1) is 10.2 Å². The Balaban J connectivity index is 1.49. The second-order valence-corrected chi connectivity index (χ2v) is 6.59. The van der Waals surface area contributed by atoms with Gasteiger partial charge in [0.05, 0.1) is 17.9 Å². The van der Waals surface area contributed by atoms with Crippen molar-refractivity contribution in [3.8, 4) is 5.69 Å². The van der Waals surface area contributed by atoms with E-state index in [-0.39, 0.29) is 6.04 Å². The molecule has 1 aliphatic rings. The lowest BCUT2D eigenvalue weighted by Crippen LogP contribution is -2.39. The highest BCUT2D eigenvalue weighted by atomic mass is 15.6. The maximum absolute atomic E-state index is 4.30. The Morgan fingerprint density at radius 1 is 1.20 bits per heavy atom. The molecule has 8 nitrogen and oxygen atoms in total. The molecule has 3 heterocycles. The lowest BCUT2D eigenvalue weighted by Gasteiger charge is -2.36. The molecule has 0 N–H and O–H groups in total. The van der Waals surface area contributed by atoms with Crippen molar-refractivity contribution in [1.82, 2.24) is 40.1 Å². The molecule has 8 heteroatoms. The molecule has 25 heavy (non-hydrogen) atoms. The molecule has 4 rings (SSSR count). The lowest BCUT2D eigenvalue weighted by molar-refractivity contribution is 0.115. The van der Waals surface area contributed by atoms with Crippen LogP contribution in [-0.4, -0.2) is 53.2 Å². The maximum atomic E-state index is 4.30. The van der Waals surface area contributed by atoms with Crippen molar-refractivity contribution in [2.45, 2.75) is 32.4 Å². The van der Waals surface area contributed by atoms with Gasteiger partial charge in [0.15, 0.2) is 5.82 Å². The fraction of sp³-hybridized carbons (Fsp3) is 0.471. The number of piperidine rings is 1. The van der Waals surface area contributed by atoms with Crippen LogP contribution in [0.25, 0.3) is 5.69 Å². The zero-order valence-electron chi connectivity index (χ0n) is 14.3. The Hall–Kier alpha value is -2.61. The van der Waals surface area contributed by atoms with Gasteiger partial charge in [-0.3, -0.25) is 9.58 Å². The van der Waals surface area contributed by atoms with Crippen LogP contribution >= 0.6 is 0 Å². The van der Waals surface area contributed by atoms with Crippen LogP contribution < -0.4 is 0 Å². The molecule has 0 radical (unpaired) electrons. The van der Waals surface area contributed by atoms with Gasteiger partial charge in [-0.25, -0.2) is 0 Å². The van der Waals surface area contributed by atoms with Crippen LogP contribution in [0.4, 0.5) is 0 Å². The first-order valence-electron chi connectivity index (χ1n) is 8.73. The molecule has 2 aromatic heterocycles. The van der Waals surface area contributed by atoms with E-state index in [1.165, 1.54) is 12.8 Å². The predicted molar refractivity (Wildman–Crippen MR) is 91.9 cm³/mol. The normalized spacial score (nSPS) is 19.8. The fourth-order valence-electron chi connectivity index (χ4n) is 3.56. The van der Waals surface area contributed by atoms with Gasteiger partial charge >= 0.3 is 0 Å². The highest BCUT2D eigenvalue weighted by Gasteiger charge is 2.28. The third-order valence-corrected chi connectivity index (χ3v) is 4.88. The number of benzene rings is 1. The molecule has 1 saturated heterocycles. The van der Waals surface area contributed by atoms with Crippen molar-refractivity contribution in [3.63, 3.8) is 0 Å². The minimum Gasteiger partial charge on any atom is -0.293 e. The summed E-state index contributed by atoms with van der Waals surface area (Å²) in [4.78, 5) is 2.47. The number of hydrogen-bond donors (Lipinski definition) is 0. The Labute approximate surface area is 146 Å². The number of hydrogen-bond acceptors (Lipinski definition) is 6. The maximum Gasteiger partial charge on any atom is 0.173 e. The van der Waals surface area contributed by atoms with Gasteiger partial charge < -0.3 is 0 Å². The molecule has 1 fully saturated rings. The fourth-order valence-corrected chi connectivity index (χ4v) is 3.56. The van der Waals surface area contributed by atoms with Gasteiger partial charge in [0.1, 0.15) is 0 Å². The number of para-hydroxylation sites is 1. The van der Waals surface area contributed by atoms with Crippen molar-refractivity contribution < 1.29 is 0 Å². The highest BCUT2D eigenvalue weighted by molar-refractivity contribution is 5.30. The molecule has 0 spiro atoms.